The summed E-state index contributed by atoms with van der Waals surface area (Å²) in [6.45, 7) is 1.76. The summed E-state index contributed by atoms with van der Waals surface area (Å²) in [6.07, 6.45) is -0.379. The van der Waals surface area contributed by atoms with E-state index < -0.39 is 11.9 Å². The van der Waals surface area contributed by atoms with Crippen molar-refractivity contribution < 1.29 is 14.3 Å². The first-order chi connectivity index (χ1) is 9.08. The third-order valence-corrected chi connectivity index (χ3v) is 2.28. The second kappa shape index (κ2) is 6.00. The normalized spacial score (nSPS) is 13.2. The van der Waals surface area contributed by atoms with Crippen LogP contribution in [0.3, 0.4) is 0 Å². The standard InChI is InChI=1S/C12H8N4O3/c1-2-19-10(17)3-8-9(6-15)11(16-12(8)18)7(4-13)5-14/h2-3H2,1H3,(H,16,18). The summed E-state index contributed by atoms with van der Waals surface area (Å²) in [5.41, 5.74) is -0.810. The number of amides is 1. The van der Waals surface area contributed by atoms with E-state index in [0.29, 0.717) is 0 Å². The summed E-state index contributed by atoms with van der Waals surface area (Å²) >= 11 is 0. The number of nitriles is 3. The Bertz CT molecular complexity index is 607. The summed E-state index contributed by atoms with van der Waals surface area (Å²) in [5.74, 6) is -1.33. The smallest absolute Gasteiger partial charge is 0.310 e. The van der Waals surface area contributed by atoms with Gasteiger partial charge in [0.1, 0.15) is 18.2 Å². The van der Waals surface area contributed by atoms with E-state index in [9.17, 15) is 9.59 Å². The maximum Gasteiger partial charge on any atom is 0.310 e. The average Bonchev–Trinajstić information content (AvgIpc) is 2.68. The SMILES string of the molecule is CCOC(=O)CC1=C(C#N)C(=C(C#N)C#N)NC1=O. The Hall–Kier alpha value is -3.11. The third kappa shape index (κ3) is 2.77. The lowest BCUT2D eigenvalue weighted by Crippen LogP contribution is -2.19. The van der Waals surface area contributed by atoms with Crippen LogP contribution in [-0.2, 0) is 14.3 Å². The molecule has 94 valence electrons. The topological polar surface area (TPSA) is 127 Å². The van der Waals surface area contributed by atoms with Crippen LogP contribution in [0.4, 0.5) is 0 Å². The van der Waals surface area contributed by atoms with Crippen LogP contribution in [0, 0.1) is 34.0 Å². The van der Waals surface area contributed by atoms with Gasteiger partial charge in [-0.25, -0.2) is 0 Å². The number of allylic oxidation sites excluding steroid dienone is 2. The highest BCUT2D eigenvalue weighted by atomic mass is 16.5. The van der Waals surface area contributed by atoms with Gasteiger partial charge in [-0.1, -0.05) is 0 Å². The van der Waals surface area contributed by atoms with E-state index in [1.807, 2.05) is 0 Å². The Morgan fingerprint density at radius 2 is 1.95 bits per heavy atom. The minimum absolute atomic E-state index is 0.0982. The lowest BCUT2D eigenvalue weighted by atomic mass is 10.0. The Morgan fingerprint density at radius 1 is 1.32 bits per heavy atom. The van der Waals surface area contributed by atoms with Crippen LogP contribution in [0.15, 0.2) is 22.4 Å². The summed E-state index contributed by atoms with van der Waals surface area (Å²) < 4.78 is 4.68. The fraction of sp³-hybridized carbons (Fsp3) is 0.250. The van der Waals surface area contributed by atoms with Crippen molar-refractivity contribution in [1.82, 2.24) is 5.32 Å². The first-order valence-corrected chi connectivity index (χ1v) is 5.24. The molecule has 0 atom stereocenters. The number of nitrogens with zero attached hydrogens (tertiary/aromatic N) is 3. The number of rotatable bonds is 3. The number of ether oxygens (including phenoxy) is 1. The van der Waals surface area contributed by atoms with Gasteiger partial charge in [0.2, 0.25) is 0 Å². The minimum atomic E-state index is -0.678. The first kappa shape index (κ1) is 14.0. The fourth-order valence-electron chi connectivity index (χ4n) is 1.49. The molecule has 1 aliphatic rings. The molecule has 0 saturated carbocycles. The van der Waals surface area contributed by atoms with Crippen LogP contribution < -0.4 is 5.32 Å². The number of carbonyl (C=O) groups is 2. The van der Waals surface area contributed by atoms with Gasteiger partial charge in [-0.05, 0) is 6.92 Å². The van der Waals surface area contributed by atoms with E-state index in [4.69, 9.17) is 15.8 Å². The Kier molecular flexibility index (Phi) is 4.40. The maximum atomic E-state index is 11.6. The first-order valence-electron chi connectivity index (χ1n) is 5.24. The van der Waals surface area contributed by atoms with Gasteiger partial charge in [0.25, 0.3) is 5.91 Å². The molecular weight excluding hydrogens is 248 g/mol. The Labute approximate surface area is 109 Å². The van der Waals surface area contributed by atoms with Gasteiger partial charge in [0.05, 0.1) is 24.3 Å². The minimum Gasteiger partial charge on any atom is -0.466 e. The summed E-state index contributed by atoms with van der Waals surface area (Å²) in [5, 5.41) is 28.7. The number of esters is 1. The molecule has 0 saturated heterocycles. The van der Waals surface area contributed by atoms with Crippen LogP contribution in [0.25, 0.3) is 0 Å². The van der Waals surface area contributed by atoms with Crippen molar-refractivity contribution in [3.05, 3.63) is 22.4 Å². The lowest BCUT2D eigenvalue weighted by Gasteiger charge is -2.00. The zero-order valence-corrected chi connectivity index (χ0v) is 9.98. The summed E-state index contributed by atoms with van der Waals surface area (Å²) in [4.78, 5) is 23.0. The predicted octanol–water partition coefficient (Wildman–Crippen LogP) is 0.191. The quantitative estimate of drug-likeness (QED) is 0.567. The zero-order valence-electron chi connectivity index (χ0n) is 9.98. The van der Waals surface area contributed by atoms with Gasteiger partial charge >= 0.3 is 5.97 Å². The molecule has 1 heterocycles. The summed E-state index contributed by atoms with van der Waals surface area (Å²) in [7, 11) is 0. The fourth-order valence-corrected chi connectivity index (χ4v) is 1.49. The molecule has 7 nitrogen and oxygen atoms in total. The molecule has 0 aromatic rings. The van der Waals surface area contributed by atoms with Crippen molar-refractivity contribution in [3.8, 4) is 18.2 Å². The molecular formula is C12H8N4O3. The molecule has 0 aliphatic carbocycles. The molecule has 0 aromatic heterocycles. The highest BCUT2D eigenvalue weighted by Gasteiger charge is 2.31. The van der Waals surface area contributed by atoms with Crippen molar-refractivity contribution in [2.45, 2.75) is 13.3 Å². The van der Waals surface area contributed by atoms with E-state index in [2.05, 4.69) is 10.1 Å². The molecule has 1 rings (SSSR count). The summed E-state index contributed by atoms with van der Waals surface area (Å²) in [6, 6.07) is 4.88. The van der Waals surface area contributed by atoms with E-state index in [1.54, 1.807) is 25.1 Å². The van der Waals surface area contributed by atoms with Gasteiger partial charge in [-0.2, -0.15) is 15.8 Å². The van der Waals surface area contributed by atoms with Gasteiger partial charge < -0.3 is 10.1 Å². The molecule has 0 unspecified atom stereocenters. The van der Waals surface area contributed by atoms with Crippen LogP contribution in [0.5, 0.6) is 0 Å². The number of carbonyl (C=O) groups excluding carboxylic acids is 2. The molecule has 0 radical (unpaired) electrons. The molecule has 19 heavy (non-hydrogen) atoms. The van der Waals surface area contributed by atoms with Gasteiger partial charge in [-0.15, -0.1) is 0 Å². The van der Waals surface area contributed by atoms with E-state index in [0.717, 1.165) is 0 Å². The van der Waals surface area contributed by atoms with Crippen molar-refractivity contribution >= 4 is 11.9 Å². The van der Waals surface area contributed by atoms with Gasteiger partial charge in [0.15, 0.2) is 5.57 Å². The highest BCUT2D eigenvalue weighted by Crippen LogP contribution is 2.25. The highest BCUT2D eigenvalue weighted by molar-refractivity contribution is 6.05. The molecule has 0 aromatic carbocycles. The lowest BCUT2D eigenvalue weighted by molar-refractivity contribution is -0.142. The van der Waals surface area contributed by atoms with Crippen LogP contribution in [-0.4, -0.2) is 18.5 Å². The van der Waals surface area contributed by atoms with E-state index >= 15 is 0 Å². The van der Waals surface area contributed by atoms with E-state index in [-0.39, 0.29) is 35.4 Å². The average molecular weight is 256 g/mol. The van der Waals surface area contributed by atoms with Crippen molar-refractivity contribution in [2.24, 2.45) is 0 Å². The molecule has 0 bridgehead atoms. The molecule has 0 spiro atoms. The van der Waals surface area contributed by atoms with Crippen LogP contribution >= 0.6 is 0 Å². The molecule has 1 amide bonds. The van der Waals surface area contributed by atoms with Crippen LogP contribution in [0.2, 0.25) is 0 Å². The van der Waals surface area contributed by atoms with Crippen LogP contribution in [0.1, 0.15) is 13.3 Å². The zero-order chi connectivity index (χ0) is 14.4. The van der Waals surface area contributed by atoms with E-state index in [1.165, 1.54) is 0 Å². The molecule has 1 N–H and O–H groups in total. The number of hydrogen-bond donors (Lipinski definition) is 1. The molecule has 1 aliphatic heterocycles. The molecule has 0 fully saturated rings. The van der Waals surface area contributed by atoms with Gasteiger partial charge in [-0.3, -0.25) is 9.59 Å². The second-order valence-electron chi connectivity index (χ2n) is 3.37. The third-order valence-electron chi connectivity index (χ3n) is 2.28. The Balaban J connectivity index is 3.25. The predicted molar refractivity (Wildman–Crippen MR) is 60.3 cm³/mol. The van der Waals surface area contributed by atoms with Gasteiger partial charge in [0, 0.05) is 5.57 Å². The van der Waals surface area contributed by atoms with Crippen molar-refractivity contribution in [1.29, 1.82) is 15.8 Å². The van der Waals surface area contributed by atoms with Crippen molar-refractivity contribution in [2.75, 3.05) is 6.61 Å². The monoisotopic (exact) mass is 256 g/mol. The molecule has 7 heteroatoms. The number of hydrogen-bond acceptors (Lipinski definition) is 6. The Morgan fingerprint density at radius 3 is 2.42 bits per heavy atom. The largest absolute Gasteiger partial charge is 0.466 e. The number of nitrogens with one attached hydrogen (secondary N) is 1. The maximum absolute atomic E-state index is 11.6. The second-order valence-corrected chi connectivity index (χ2v) is 3.37. The van der Waals surface area contributed by atoms with Crippen molar-refractivity contribution in [3.63, 3.8) is 0 Å².